The van der Waals surface area contributed by atoms with Gasteiger partial charge in [0.2, 0.25) is 0 Å². The first-order chi connectivity index (χ1) is 5.82. The molecule has 1 heterocycles. The molecule has 1 aliphatic rings. The highest BCUT2D eigenvalue weighted by Crippen LogP contribution is 2.13. The van der Waals surface area contributed by atoms with Crippen molar-refractivity contribution in [2.45, 2.75) is 40.2 Å². The first-order valence-electron chi connectivity index (χ1n) is 5.20. The Kier molecular flexibility index (Phi) is 2.81. The van der Waals surface area contributed by atoms with E-state index in [9.17, 15) is 4.79 Å². The molecule has 1 saturated heterocycles. The molecule has 0 aromatic heterocycles. The summed E-state index contributed by atoms with van der Waals surface area (Å²) in [6, 6.07) is 0. The normalized spacial score (nSPS) is 36.4. The molecule has 1 unspecified atom stereocenters. The fourth-order valence-corrected chi connectivity index (χ4v) is 1.90. The lowest BCUT2D eigenvalue weighted by Gasteiger charge is -2.39. The van der Waals surface area contributed by atoms with Crippen LogP contribution in [0.3, 0.4) is 0 Å². The van der Waals surface area contributed by atoms with E-state index < -0.39 is 0 Å². The molecule has 2 heteroatoms. The van der Waals surface area contributed by atoms with E-state index in [0.717, 1.165) is 13.1 Å². The van der Waals surface area contributed by atoms with Crippen LogP contribution in [0.2, 0.25) is 0 Å². The lowest BCUT2D eigenvalue weighted by atomic mass is 9.85. The second-order valence-corrected chi connectivity index (χ2v) is 5.47. The van der Waals surface area contributed by atoms with Crippen LogP contribution in [0.15, 0.2) is 0 Å². The van der Waals surface area contributed by atoms with Crippen molar-refractivity contribution in [1.29, 1.82) is 0 Å². The quantitative estimate of drug-likeness (QED) is 0.582. The van der Waals surface area contributed by atoms with Gasteiger partial charge in [-0.25, -0.2) is 0 Å². The molecule has 76 valence electrons. The van der Waals surface area contributed by atoms with E-state index in [0.29, 0.717) is 11.7 Å². The van der Waals surface area contributed by atoms with Crippen LogP contribution in [-0.2, 0) is 4.79 Å². The maximum atomic E-state index is 11.6. The Morgan fingerprint density at radius 1 is 1.31 bits per heavy atom. The molecular weight excluding hydrogens is 162 g/mol. The number of ketones is 1. The Bertz CT molecular complexity index is 205. The van der Waals surface area contributed by atoms with Crippen molar-refractivity contribution < 1.29 is 9.69 Å². The highest BCUT2D eigenvalue weighted by atomic mass is 16.1. The molecule has 0 saturated carbocycles. The summed E-state index contributed by atoms with van der Waals surface area (Å²) < 4.78 is 0. The van der Waals surface area contributed by atoms with Crippen LogP contribution >= 0.6 is 0 Å². The molecule has 13 heavy (non-hydrogen) atoms. The van der Waals surface area contributed by atoms with Crippen molar-refractivity contribution in [1.82, 2.24) is 0 Å². The summed E-state index contributed by atoms with van der Waals surface area (Å²) in [6.45, 7) is 12.7. The van der Waals surface area contributed by atoms with Crippen molar-refractivity contribution in [3.8, 4) is 0 Å². The van der Waals surface area contributed by atoms with E-state index in [-0.39, 0.29) is 11.5 Å². The zero-order valence-corrected chi connectivity index (χ0v) is 9.48. The maximum absolute atomic E-state index is 11.6. The first-order valence-corrected chi connectivity index (χ1v) is 5.20. The second-order valence-electron chi connectivity index (χ2n) is 5.47. The minimum absolute atomic E-state index is 0.212. The molecule has 3 atom stereocenters. The van der Waals surface area contributed by atoms with Gasteiger partial charge in [-0.15, -0.1) is 0 Å². The molecular formula is C11H22NO+. The lowest BCUT2D eigenvalue weighted by Crippen LogP contribution is -3.21. The Morgan fingerprint density at radius 2 is 1.85 bits per heavy atom. The molecule has 0 aromatic rings. The zero-order chi connectivity index (χ0) is 10.2. The van der Waals surface area contributed by atoms with Crippen LogP contribution in [0.5, 0.6) is 0 Å². The number of hydrogen-bond acceptors (Lipinski definition) is 1. The molecule has 0 amide bonds. The summed E-state index contributed by atoms with van der Waals surface area (Å²) in [5.41, 5.74) is 0.212. The van der Waals surface area contributed by atoms with Crippen LogP contribution in [0, 0.1) is 11.8 Å². The van der Waals surface area contributed by atoms with Gasteiger partial charge in [0.05, 0.1) is 12.1 Å². The minimum atomic E-state index is 0.212. The van der Waals surface area contributed by atoms with Crippen molar-refractivity contribution in [2.24, 2.45) is 11.8 Å². The molecule has 1 fully saturated rings. The number of likely N-dealkylation sites (tertiary alicyclic amines) is 1. The molecule has 0 aliphatic carbocycles. The Morgan fingerprint density at radius 3 is 2.23 bits per heavy atom. The molecule has 2 nitrogen and oxygen atoms in total. The third-order valence-electron chi connectivity index (χ3n) is 3.38. The minimum Gasteiger partial charge on any atom is -0.324 e. The van der Waals surface area contributed by atoms with E-state index in [1.54, 1.807) is 0 Å². The van der Waals surface area contributed by atoms with Gasteiger partial charge < -0.3 is 4.90 Å². The number of quaternary nitrogens is 1. The average molecular weight is 184 g/mol. The Balaban J connectivity index is 2.69. The van der Waals surface area contributed by atoms with Gasteiger partial charge in [0, 0.05) is 11.8 Å². The van der Waals surface area contributed by atoms with Gasteiger partial charge in [-0.1, -0.05) is 13.8 Å². The lowest BCUT2D eigenvalue weighted by molar-refractivity contribution is -0.945. The smallest absolute Gasteiger partial charge is 0.190 e. The van der Waals surface area contributed by atoms with Gasteiger partial charge in [-0.2, -0.15) is 0 Å². The molecule has 1 rings (SSSR count). The molecule has 0 radical (unpaired) electrons. The highest BCUT2D eigenvalue weighted by molar-refractivity contribution is 5.82. The zero-order valence-electron chi connectivity index (χ0n) is 9.48. The Hall–Kier alpha value is -0.370. The second kappa shape index (κ2) is 3.41. The maximum Gasteiger partial charge on any atom is 0.190 e. The number of hydrogen-bond donors (Lipinski definition) is 1. The molecule has 0 spiro atoms. The predicted molar refractivity (Wildman–Crippen MR) is 53.8 cm³/mol. The van der Waals surface area contributed by atoms with Gasteiger partial charge in [-0.05, 0) is 20.8 Å². The van der Waals surface area contributed by atoms with Crippen LogP contribution in [0.4, 0.5) is 0 Å². The van der Waals surface area contributed by atoms with Crippen molar-refractivity contribution in [2.75, 3.05) is 13.1 Å². The summed E-state index contributed by atoms with van der Waals surface area (Å²) in [4.78, 5) is 13.1. The van der Waals surface area contributed by atoms with E-state index >= 15 is 0 Å². The van der Waals surface area contributed by atoms with Crippen LogP contribution in [0.1, 0.15) is 34.6 Å². The van der Waals surface area contributed by atoms with E-state index in [2.05, 4.69) is 34.6 Å². The largest absolute Gasteiger partial charge is 0.324 e. The van der Waals surface area contributed by atoms with Gasteiger partial charge in [0.1, 0.15) is 6.54 Å². The summed E-state index contributed by atoms with van der Waals surface area (Å²) in [5, 5.41) is 0. The number of rotatable bonds is 0. The average Bonchev–Trinajstić information content (AvgIpc) is 1.97. The third-order valence-corrected chi connectivity index (χ3v) is 3.38. The molecule has 1 aliphatic heterocycles. The van der Waals surface area contributed by atoms with E-state index in [1.165, 1.54) is 4.90 Å². The molecule has 1 N–H and O–H groups in total. The Labute approximate surface area is 81.3 Å². The summed E-state index contributed by atoms with van der Waals surface area (Å²) >= 11 is 0. The fraction of sp³-hybridized carbons (Fsp3) is 0.909. The number of carbonyl (C=O) groups excluding carboxylic acids is 1. The van der Waals surface area contributed by atoms with Gasteiger partial charge in [0.15, 0.2) is 5.78 Å². The van der Waals surface area contributed by atoms with Gasteiger partial charge in [0.25, 0.3) is 0 Å². The third kappa shape index (κ3) is 2.31. The number of carbonyl (C=O) groups is 1. The van der Waals surface area contributed by atoms with Crippen LogP contribution in [0.25, 0.3) is 0 Å². The van der Waals surface area contributed by atoms with Crippen LogP contribution in [-0.4, -0.2) is 24.4 Å². The molecule has 0 aromatic carbocycles. The number of Topliss-reactive ketones (excluding diaryl/α,β-unsaturated/α-hetero) is 1. The summed E-state index contributed by atoms with van der Waals surface area (Å²) in [6.07, 6.45) is 0. The van der Waals surface area contributed by atoms with Crippen molar-refractivity contribution >= 4 is 5.78 Å². The first kappa shape index (κ1) is 10.7. The van der Waals surface area contributed by atoms with Crippen molar-refractivity contribution in [3.05, 3.63) is 0 Å². The number of piperidine rings is 1. The van der Waals surface area contributed by atoms with Crippen molar-refractivity contribution in [3.63, 3.8) is 0 Å². The summed E-state index contributed by atoms with van der Waals surface area (Å²) in [7, 11) is 0. The van der Waals surface area contributed by atoms with Gasteiger partial charge >= 0.3 is 0 Å². The van der Waals surface area contributed by atoms with E-state index in [4.69, 9.17) is 0 Å². The monoisotopic (exact) mass is 184 g/mol. The fourth-order valence-electron chi connectivity index (χ4n) is 1.90. The standard InChI is InChI=1S/C11H21NO/c1-8-6-12(11(3,4)5)7-10(13)9(8)2/h8-9H,6-7H2,1-5H3/p+1/t8-,9-/m1/s1. The van der Waals surface area contributed by atoms with Crippen LogP contribution < -0.4 is 4.90 Å². The van der Waals surface area contributed by atoms with E-state index in [1.807, 2.05) is 0 Å². The van der Waals surface area contributed by atoms with Gasteiger partial charge in [-0.3, -0.25) is 4.79 Å². The predicted octanol–water partition coefficient (Wildman–Crippen LogP) is 0.525. The highest BCUT2D eigenvalue weighted by Gasteiger charge is 2.37. The summed E-state index contributed by atoms with van der Waals surface area (Å²) in [5.74, 6) is 1.24. The topological polar surface area (TPSA) is 21.5 Å². The SMILES string of the molecule is C[C@@H]1C[NH+](C(C)(C)C)CC(=O)[C@@H]1C. The number of nitrogens with one attached hydrogen (secondary N) is 1. The molecule has 0 bridgehead atoms.